The molecule has 0 spiro atoms. The molecule has 0 aromatic carbocycles. The summed E-state index contributed by atoms with van der Waals surface area (Å²) >= 11 is 0. The van der Waals surface area contributed by atoms with Gasteiger partial charge in [-0.2, -0.15) is 0 Å². The normalized spacial score (nSPS) is 11.7. The number of ether oxygens (including phenoxy) is 1. The summed E-state index contributed by atoms with van der Waals surface area (Å²) in [6.07, 6.45) is 46.5. The summed E-state index contributed by atoms with van der Waals surface area (Å²) < 4.78 is 5.19. The predicted molar refractivity (Wildman–Crippen MR) is 170 cm³/mol. The van der Waals surface area contributed by atoms with Gasteiger partial charge in [-0.1, -0.05) is 199 Å². The summed E-state index contributed by atoms with van der Waals surface area (Å²) in [5.74, 6) is -0.229. The van der Waals surface area contributed by atoms with Crippen LogP contribution in [0, 0.1) is 0 Å². The highest BCUT2D eigenvalue weighted by Gasteiger charge is 1.98. The maximum atomic E-state index is 11.4. The third kappa shape index (κ3) is 33.0. The lowest BCUT2D eigenvalue weighted by molar-refractivity contribution is -0.137. The smallest absolute Gasteiger partial charge is 0.330 e. The molecule has 0 fully saturated rings. The van der Waals surface area contributed by atoms with Crippen molar-refractivity contribution in [1.29, 1.82) is 0 Å². The van der Waals surface area contributed by atoms with Crippen LogP contribution in [0.25, 0.3) is 0 Å². The number of rotatable bonds is 31. The molecule has 0 aliphatic carbocycles. The number of esters is 1. The average molecular weight is 533 g/mol. The van der Waals surface area contributed by atoms with E-state index in [0.29, 0.717) is 6.61 Å². The Hall–Kier alpha value is -1.05. The van der Waals surface area contributed by atoms with E-state index >= 15 is 0 Å². The van der Waals surface area contributed by atoms with E-state index in [1.165, 1.54) is 179 Å². The number of unbranched alkanes of at least 4 members (excludes halogenated alkanes) is 27. The Morgan fingerprint density at radius 3 is 1.03 bits per heavy atom. The predicted octanol–water partition coefficient (Wildman–Crippen LogP) is 12.6. The van der Waals surface area contributed by atoms with Crippen molar-refractivity contribution in [3.8, 4) is 0 Å². The molecule has 0 saturated heterocycles. The van der Waals surface area contributed by atoms with Gasteiger partial charge in [0.1, 0.15) is 0 Å². The number of hydrogen-bond acceptors (Lipinski definition) is 2. The van der Waals surface area contributed by atoms with E-state index in [4.69, 9.17) is 4.74 Å². The van der Waals surface area contributed by atoms with Crippen molar-refractivity contribution >= 4 is 5.97 Å². The quantitative estimate of drug-likeness (QED) is 0.0384. The number of carbonyl (C=O) groups excluding carboxylic acids is 1. The molecule has 224 valence electrons. The molecule has 0 heterocycles. The topological polar surface area (TPSA) is 26.3 Å². The van der Waals surface area contributed by atoms with E-state index in [2.05, 4.69) is 6.92 Å². The Bertz CT molecular complexity index is 507. The van der Waals surface area contributed by atoms with Crippen LogP contribution in [-0.4, -0.2) is 12.6 Å². The zero-order valence-corrected chi connectivity index (χ0v) is 26.1. The first-order chi connectivity index (χ1) is 18.8. The Balaban J connectivity index is 3.09. The Morgan fingerprint density at radius 1 is 0.447 bits per heavy atom. The zero-order chi connectivity index (χ0) is 27.6. The molecule has 38 heavy (non-hydrogen) atoms. The van der Waals surface area contributed by atoms with Gasteiger partial charge in [-0.25, -0.2) is 4.79 Å². The maximum Gasteiger partial charge on any atom is 0.330 e. The minimum Gasteiger partial charge on any atom is -0.463 e. The fourth-order valence-electron chi connectivity index (χ4n) is 5.24. The van der Waals surface area contributed by atoms with Crippen molar-refractivity contribution < 1.29 is 9.53 Å². The highest BCUT2D eigenvalue weighted by atomic mass is 16.5. The first-order valence-corrected chi connectivity index (χ1v) is 17.3. The van der Waals surface area contributed by atoms with Crippen molar-refractivity contribution in [3.63, 3.8) is 0 Å². The van der Waals surface area contributed by atoms with Crippen LogP contribution in [-0.2, 0) is 9.53 Å². The zero-order valence-electron chi connectivity index (χ0n) is 26.1. The Kier molecular flexibility index (Phi) is 33.0. The molecule has 0 amide bonds. The lowest BCUT2D eigenvalue weighted by Crippen LogP contribution is -2.02. The molecule has 0 N–H and O–H groups in total. The van der Waals surface area contributed by atoms with Crippen molar-refractivity contribution in [3.05, 3.63) is 24.3 Å². The molecule has 0 unspecified atom stereocenters. The van der Waals surface area contributed by atoms with E-state index in [1.807, 2.05) is 19.1 Å². The molecular formula is C36H68O2. The maximum absolute atomic E-state index is 11.4. The van der Waals surface area contributed by atoms with Gasteiger partial charge in [0, 0.05) is 6.08 Å². The van der Waals surface area contributed by atoms with Crippen LogP contribution in [0.3, 0.4) is 0 Å². The standard InChI is InChI=1S/C36H68O2/c1-3-5-7-8-9-10-11-12-13-14-15-16-17-18-19-20-21-22-23-24-25-26-27-28-29-30-31-33-35-38-36(37)34-32-6-4-2/h4,6,32,34H,3,5,7-31,33,35H2,1-2H3/b6-4+,34-32+. The minimum absolute atomic E-state index is 0.229. The van der Waals surface area contributed by atoms with Crippen LogP contribution in [0.15, 0.2) is 24.3 Å². The monoisotopic (exact) mass is 533 g/mol. The third-order valence-corrected chi connectivity index (χ3v) is 7.78. The van der Waals surface area contributed by atoms with Gasteiger partial charge in [0.05, 0.1) is 6.61 Å². The van der Waals surface area contributed by atoms with Crippen molar-refractivity contribution in [2.45, 2.75) is 194 Å². The second-order valence-electron chi connectivity index (χ2n) is 11.6. The van der Waals surface area contributed by atoms with Gasteiger partial charge in [0.25, 0.3) is 0 Å². The van der Waals surface area contributed by atoms with Gasteiger partial charge in [0.2, 0.25) is 0 Å². The molecule has 0 aliphatic rings. The molecule has 0 atom stereocenters. The van der Waals surface area contributed by atoms with E-state index in [9.17, 15) is 4.79 Å². The number of carbonyl (C=O) groups is 1. The van der Waals surface area contributed by atoms with Crippen molar-refractivity contribution in [2.24, 2.45) is 0 Å². The molecule has 0 radical (unpaired) electrons. The molecule has 0 aromatic rings. The second-order valence-corrected chi connectivity index (χ2v) is 11.6. The van der Waals surface area contributed by atoms with Crippen LogP contribution < -0.4 is 0 Å². The number of hydrogen-bond donors (Lipinski definition) is 0. The van der Waals surface area contributed by atoms with Crippen LogP contribution in [0.5, 0.6) is 0 Å². The molecule has 0 aromatic heterocycles. The fraction of sp³-hybridized carbons (Fsp3) is 0.861. The first-order valence-electron chi connectivity index (χ1n) is 17.3. The SMILES string of the molecule is C/C=C/C=C/C(=O)OCCCCCCCCCCCCCCCCCCCCCCCCCCCCCC. The fourth-order valence-corrected chi connectivity index (χ4v) is 5.24. The van der Waals surface area contributed by atoms with Crippen molar-refractivity contribution in [1.82, 2.24) is 0 Å². The van der Waals surface area contributed by atoms with E-state index in [1.54, 1.807) is 6.08 Å². The number of allylic oxidation sites excluding steroid dienone is 3. The highest BCUT2D eigenvalue weighted by Crippen LogP contribution is 2.16. The molecule has 0 saturated carbocycles. The molecular weight excluding hydrogens is 464 g/mol. The second kappa shape index (κ2) is 34.0. The highest BCUT2D eigenvalue weighted by molar-refractivity contribution is 5.82. The Labute approximate surface area is 239 Å². The van der Waals surface area contributed by atoms with Crippen LogP contribution in [0.2, 0.25) is 0 Å². The third-order valence-electron chi connectivity index (χ3n) is 7.78. The summed E-state index contributed by atoms with van der Waals surface area (Å²) in [5, 5.41) is 0. The average Bonchev–Trinajstić information content (AvgIpc) is 2.92. The van der Waals surface area contributed by atoms with Gasteiger partial charge in [-0.3, -0.25) is 0 Å². The minimum atomic E-state index is -0.229. The van der Waals surface area contributed by atoms with Gasteiger partial charge in [-0.15, -0.1) is 0 Å². The van der Waals surface area contributed by atoms with Crippen LogP contribution in [0.1, 0.15) is 194 Å². The molecule has 0 aliphatic heterocycles. The summed E-state index contributed by atoms with van der Waals surface area (Å²) in [6.45, 7) is 4.78. The van der Waals surface area contributed by atoms with Gasteiger partial charge in [-0.05, 0) is 13.3 Å². The van der Waals surface area contributed by atoms with E-state index in [0.717, 1.165) is 6.42 Å². The van der Waals surface area contributed by atoms with Crippen LogP contribution >= 0.6 is 0 Å². The summed E-state index contributed by atoms with van der Waals surface area (Å²) in [4.78, 5) is 11.4. The van der Waals surface area contributed by atoms with Gasteiger partial charge in [0.15, 0.2) is 0 Å². The summed E-state index contributed by atoms with van der Waals surface area (Å²) in [6, 6.07) is 0. The summed E-state index contributed by atoms with van der Waals surface area (Å²) in [5.41, 5.74) is 0. The largest absolute Gasteiger partial charge is 0.463 e. The van der Waals surface area contributed by atoms with Gasteiger partial charge < -0.3 is 4.74 Å². The van der Waals surface area contributed by atoms with Crippen molar-refractivity contribution in [2.75, 3.05) is 6.61 Å². The van der Waals surface area contributed by atoms with Gasteiger partial charge >= 0.3 is 5.97 Å². The first kappa shape index (κ1) is 37.0. The van der Waals surface area contributed by atoms with E-state index in [-0.39, 0.29) is 5.97 Å². The van der Waals surface area contributed by atoms with Crippen LogP contribution in [0.4, 0.5) is 0 Å². The lowest BCUT2D eigenvalue weighted by atomic mass is 10.0. The summed E-state index contributed by atoms with van der Waals surface area (Å²) in [7, 11) is 0. The molecule has 0 bridgehead atoms. The molecule has 0 rings (SSSR count). The van der Waals surface area contributed by atoms with E-state index < -0.39 is 0 Å². The Morgan fingerprint density at radius 2 is 0.737 bits per heavy atom. The molecule has 2 nitrogen and oxygen atoms in total. The lowest BCUT2D eigenvalue weighted by Gasteiger charge is -2.05. The molecule has 2 heteroatoms.